The van der Waals surface area contributed by atoms with Gasteiger partial charge in [-0.2, -0.15) is 0 Å². The summed E-state index contributed by atoms with van der Waals surface area (Å²) in [5.41, 5.74) is 0.946. The first kappa shape index (κ1) is 30.2. The monoisotopic (exact) mass is 515 g/mol. The van der Waals surface area contributed by atoms with Crippen LogP contribution in [0.25, 0.3) is 0 Å². The number of carbonyl (C=O) groups is 3. The second-order valence-electron chi connectivity index (χ2n) is 9.08. The van der Waals surface area contributed by atoms with Crippen LogP contribution >= 0.6 is 0 Å². The van der Waals surface area contributed by atoms with E-state index in [1.807, 2.05) is 26.0 Å². The maximum absolute atomic E-state index is 13.2. The van der Waals surface area contributed by atoms with E-state index in [1.54, 1.807) is 26.2 Å². The van der Waals surface area contributed by atoms with Crippen LogP contribution in [0.4, 0.5) is 0 Å². The minimum atomic E-state index is -1.43. The molecular formula is C24H34N3NaO8. The topological polar surface area (TPSA) is 133 Å². The number of methoxy groups -OCH3 is 3. The van der Waals surface area contributed by atoms with Crippen LogP contribution in [0, 0.1) is 5.92 Å². The van der Waals surface area contributed by atoms with E-state index in [0.29, 0.717) is 56.4 Å². The number of piperazine rings is 1. The first-order valence-corrected chi connectivity index (χ1v) is 11.7. The molecule has 2 aliphatic rings. The second kappa shape index (κ2) is 13.5. The van der Waals surface area contributed by atoms with Gasteiger partial charge in [0, 0.05) is 38.3 Å². The molecule has 0 saturated carbocycles. The molecule has 1 aromatic rings. The standard InChI is InChI=1S/C24H35N3O8.Na/c1-14(2)12-16(25-22(28)20-21(35-20)24(30)31)23(29)27-10-8-26(9-11-27)13-15-6-7-17(32-3)19(34-5)18(15)33-4;/h6-7,14,16,20-21H,8-13H2,1-5H3,(H,25,28)(H,30,31);/q;+1/p-1. The number of hydrogen-bond donors (Lipinski definition) is 1. The zero-order chi connectivity index (χ0) is 25.7. The number of benzene rings is 1. The molecule has 0 spiro atoms. The van der Waals surface area contributed by atoms with Crippen molar-refractivity contribution >= 4 is 17.8 Å². The minimum Gasteiger partial charge on any atom is -0.547 e. The summed E-state index contributed by atoms with van der Waals surface area (Å²) in [6.07, 6.45) is -1.91. The number of rotatable bonds is 11. The van der Waals surface area contributed by atoms with Crippen molar-refractivity contribution in [3.05, 3.63) is 17.7 Å². The molecule has 11 nitrogen and oxygen atoms in total. The average molecular weight is 516 g/mol. The predicted octanol–water partition coefficient (Wildman–Crippen LogP) is -3.59. The summed E-state index contributed by atoms with van der Waals surface area (Å²) in [4.78, 5) is 40.4. The van der Waals surface area contributed by atoms with Crippen LogP contribution in [0.1, 0.15) is 25.8 Å². The van der Waals surface area contributed by atoms with E-state index in [1.165, 1.54) is 0 Å². The molecule has 1 aromatic carbocycles. The Labute approximate surface area is 233 Å². The van der Waals surface area contributed by atoms with Gasteiger partial charge in [0.1, 0.15) is 12.1 Å². The molecule has 2 saturated heterocycles. The number of nitrogens with one attached hydrogen (secondary N) is 1. The van der Waals surface area contributed by atoms with Gasteiger partial charge in [-0.25, -0.2) is 0 Å². The van der Waals surface area contributed by atoms with Crippen LogP contribution < -0.4 is 54.2 Å². The molecule has 194 valence electrons. The van der Waals surface area contributed by atoms with E-state index in [-0.39, 0.29) is 41.4 Å². The number of nitrogens with zero attached hydrogens (tertiary/aromatic N) is 2. The maximum atomic E-state index is 13.2. The van der Waals surface area contributed by atoms with Crippen molar-refractivity contribution < 1.29 is 68.0 Å². The Hall–Kier alpha value is -2.05. The number of amides is 2. The number of carboxylic acids is 1. The molecule has 36 heavy (non-hydrogen) atoms. The summed E-state index contributed by atoms with van der Waals surface area (Å²) in [6, 6.07) is 3.03. The third kappa shape index (κ3) is 7.25. The van der Waals surface area contributed by atoms with Gasteiger partial charge in [0.05, 0.1) is 27.3 Å². The maximum Gasteiger partial charge on any atom is 1.00 e. The van der Waals surface area contributed by atoms with Crippen molar-refractivity contribution in [1.82, 2.24) is 15.1 Å². The Morgan fingerprint density at radius 2 is 1.67 bits per heavy atom. The van der Waals surface area contributed by atoms with Gasteiger partial charge in [-0.05, 0) is 18.4 Å². The van der Waals surface area contributed by atoms with E-state index >= 15 is 0 Å². The molecule has 0 aliphatic carbocycles. The second-order valence-corrected chi connectivity index (χ2v) is 9.08. The fourth-order valence-electron chi connectivity index (χ4n) is 4.31. The van der Waals surface area contributed by atoms with Crippen molar-refractivity contribution in [2.24, 2.45) is 5.92 Å². The third-order valence-electron chi connectivity index (χ3n) is 6.17. The average Bonchev–Trinajstić information content (AvgIpc) is 3.64. The number of hydrogen-bond acceptors (Lipinski definition) is 9. The SMILES string of the molecule is COc1ccc(CN2CCN(C(=O)C(CC(C)C)NC(=O)C3OC3C(=O)[O-])CC2)c(OC)c1OC.[Na+]. The van der Waals surface area contributed by atoms with Gasteiger partial charge in [0.25, 0.3) is 5.91 Å². The van der Waals surface area contributed by atoms with Gasteiger partial charge in [-0.3, -0.25) is 14.5 Å². The van der Waals surface area contributed by atoms with Crippen molar-refractivity contribution in [2.75, 3.05) is 47.5 Å². The molecule has 2 fully saturated rings. The summed E-state index contributed by atoms with van der Waals surface area (Å²) >= 11 is 0. The third-order valence-corrected chi connectivity index (χ3v) is 6.17. The Balaban J connectivity index is 0.00000456. The Bertz CT molecular complexity index is 936. The fraction of sp³-hybridized carbons (Fsp3) is 0.625. The summed E-state index contributed by atoms with van der Waals surface area (Å²) in [5, 5.41) is 13.6. The van der Waals surface area contributed by atoms with Crippen LogP contribution in [0.15, 0.2) is 12.1 Å². The molecule has 12 heteroatoms. The zero-order valence-corrected chi connectivity index (χ0v) is 23.9. The van der Waals surface area contributed by atoms with Gasteiger partial charge in [-0.15, -0.1) is 0 Å². The molecule has 0 bridgehead atoms. The first-order chi connectivity index (χ1) is 16.7. The van der Waals surface area contributed by atoms with Crippen molar-refractivity contribution in [2.45, 2.75) is 45.1 Å². The quantitative estimate of drug-likeness (QED) is 0.235. The molecule has 2 heterocycles. The zero-order valence-electron chi connectivity index (χ0n) is 21.9. The molecule has 1 N–H and O–H groups in total. The summed E-state index contributed by atoms with van der Waals surface area (Å²) < 4.78 is 21.2. The van der Waals surface area contributed by atoms with Crippen LogP contribution in [0.5, 0.6) is 17.2 Å². The van der Waals surface area contributed by atoms with Gasteiger partial charge in [0.15, 0.2) is 17.6 Å². The molecule has 2 amide bonds. The largest absolute Gasteiger partial charge is 1.00 e. The van der Waals surface area contributed by atoms with Crippen LogP contribution in [-0.2, 0) is 25.7 Å². The normalized spacial score (nSPS) is 20.2. The van der Waals surface area contributed by atoms with Gasteiger partial charge < -0.3 is 39.1 Å². The molecule has 2 aliphatic heterocycles. The van der Waals surface area contributed by atoms with Gasteiger partial charge >= 0.3 is 29.6 Å². The Morgan fingerprint density at radius 3 is 2.17 bits per heavy atom. The van der Waals surface area contributed by atoms with Gasteiger partial charge in [-0.1, -0.05) is 19.9 Å². The van der Waals surface area contributed by atoms with E-state index in [2.05, 4.69) is 10.2 Å². The minimum absolute atomic E-state index is 0. The van der Waals surface area contributed by atoms with Crippen molar-refractivity contribution in [3.63, 3.8) is 0 Å². The molecular weight excluding hydrogens is 481 g/mol. The summed E-state index contributed by atoms with van der Waals surface area (Å²) in [7, 11) is 4.72. The predicted molar refractivity (Wildman–Crippen MR) is 123 cm³/mol. The molecule has 0 aromatic heterocycles. The Morgan fingerprint density at radius 1 is 1.03 bits per heavy atom. The van der Waals surface area contributed by atoms with Crippen LogP contribution in [-0.4, -0.2) is 93.3 Å². The molecule has 3 rings (SSSR count). The smallest absolute Gasteiger partial charge is 0.547 e. The van der Waals surface area contributed by atoms with Gasteiger partial charge in [0.2, 0.25) is 11.7 Å². The molecule has 3 atom stereocenters. The number of epoxide rings is 1. The summed E-state index contributed by atoms with van der Waals surface area (Å²) in [6.45, 7) is 6.81. The number of carboxylic acid groups (broad SMARTS) is 1. The van der Waals surface area contributed by atoms with Crippen LogP contribution in [0.2, 0.25) is 0 Å². The number of ether oxygens (including phenoxy) is 4. The molecule has 0 radical (unpaired) electrons. The first-order valence-electron chi connectivity index (χ1n) is 11.7. The van der Waals surface area contributed by atoms with Crippen molar-refractivity contribution in [1.29, 1.82) is 0 Å². The molecule has 3 unspecified atom stereocenters. The Kier molecular flexibility index (Phi) is 11.3. The van der Waals surface area contributed by atoms with E-state index < -0.39 is 30.1 Å². The number of carbonyl (C=O) groups excluding carboxylic acids is 3. The van der Waals surface area contributed by atoms with E-state index in [0.717, 1.165) is 5.56 Å². The van der Waals surface area contributed by atoms with Crippen LogP contribution in [0.3, 0.4) is 0 Å². The van der Waals surface area contributed by atoms with Crippen molar-refractivity contribution in [3.8, 4) is 17.2 Å². The fourth-order valence-corrected chi connectivity index (χ4v) is 4.31. The van der Waals surface area contributed by atoms with E-state index in [4.69, 9.17) is 18.9 Å². The van der Waals surface area contributed by atoms with E-state index in [9.17, 15) is 19.5 Å². The summed E-state index contributed by atoms with van der Waals surface area (Å²) in [5.74, 6) is -0.321. The number of aliphatic carboxylic acids is 1.